The van der Waals surface area contributed by atoms with E-state index < -0.39 is 0 Å². The summed E-state index contributed by atoms with van der Waals surface area (Å²) in [4.78, 5) is 1.18. The van der Waals surface area contributed by atoms with Crippen LogP contribution in [-0.2, 0) is 0 Å². The Hall–Kier alpha value is -1.51. The highest BCUT2D eigenvalue weighted by Gasteiger charge is 2.07. The molecule has 2 N–H and O–H groups in total. The van der Waals surface area contributed by atoms with Crippen molar-refractivity contribution >= 4 is 38.7 Å². The van der Waals surface area contributed by atoms with Crippen molar-refractivity contribution in [3.05, 3.63) is 53.6 Å². The van der Waals surface area contributed by atoms with Crippen LogP contribution in [0.1, 0.15) is 0 Å². The Bertz CT molecular complexity index is 655. The number of anilines is 1. The SMILES string of the molecule is Nc1cc(Cl)ccc1-c1cc2ccccc2s1. The topological polar surface area (TPSA) is 26.0 Å². The normalized spacial score (nSPS) is 10.9. The van der Waals surface area contributed by atoms with Crippen LogP contribution < -0.4 is 5.73 Å². The summed E-state index contributed by atoms with van der Waals surface area (Å²) in [7, 11) is 0. The quantitative estimate of drug-likeness (QED) is 0.624. The van der Waals surface area contributed by atoms with E-state index in [0.717, 1.165) is 11.3 Å². The third-order valence-electron chi connectivity index (χ3n) is 2.70. The summed E-state index contributed by atoms with van der Waals surface area (Å²) < 4.78 is 1.27. The molecule has 0 aliphatic carbocycles. The van der Waals surface area contributed by atoms with Crippen molar-refractivity contribution < 1.29 is 0 Å². The highest BCUT2D eigenvalue weighted by molar-refractivity contribution is 7.22. The van der Waals surface area contributed by atoms with E-state index in [2.05, 4.69) is 18.2 Å². The van der Waals surface area contributed by atoms with Crippen molar-refractivity contribution in [2.45, 2.75) is 0 Å². The molecule has 0 saturated heterocycles. The van der Waals surface area contributed by atoms with Gasteiger partial charge < -0.3 is 5.73 Å². The van der Waals surface area contributed by atoms with Gasteiger partial charge in [-0.3, -0.25) is 0 Å². The molecule has 0 atom stereocenters. The molecule has 3 aromatic rings. The van der Waals surface area contributed by atoms with Crippen molar-refractivity contribution in [3.8, 4) is 10.4 Å². The molecule has 0 aliphatic rings. The minimum atomic E-state index is 0.673. The third kappa shape index (κ3) is 1.90. The van der Waals surface area contributed by atoms with Gasteiger partial charge >= 0.3 is 0 Å². The van der Waals surface area contributed by atoms with Crippen molar-refractivity contribution in [1.29, 1.82) is 0 Å². The molecule has 1 aromatic heterocycles. The zero-order valence-corrected chi connectivity index (χ0v) is 10.6. The Balaban J connectivity index is 2.20. The minimum absolute atomic E-state index is 0.673. The summed E-state index contributed by atoms with van der Waals surface area (Å²) >= 11 is 7.65. The molecule has 3 rings (SSSR count). The number of fused-ring (bicyclic) bond motifs is 1. The molecule has 2 aromatic carbocycles. The Morgan fingerprint density at radius 2 is 1.82 bits per heavy atom. The van der Waals surface area contributed by atoms with Crippen molar-refractivity contribution in [3.63, 3.8) is 0 Å². The van der Waals surface area contributed by atoms with E-state index in [4.69, 9.17) is 17.3 Å². The van der Waals surface area contributed by atoms with Crippen LogP contribution in [0.3, 0.4) is 0 Å². The summed E-state index contributed by atoms with van der Waals surface area (Å²) in [6.45, 7) is 0. The molecule has 84 valence electrons. The van der Waals surface area contributed by atoms with E-state index >= 15 is 0 Å². The highest BCUT2D eigenvalue weighted by atomic mass is 35.5. The van der Waals surface area contributed by atoms with Gasteiger partial charge in [-0.1, -0.05) is 35.9 Å². The van der Waals surface area contributed by atoms with Crippen molar-refractivity contribution in [1.82, 2.24) is 0 Å². The fourth-order valence-electron chi connectivity index (χ4n) is 1.87. The first-order chi connectivity index (χ1) is 8.24. The lowest BCUT2D eigenvalue weighted by atomic mass is 10.1. The number of hydrogen-bond donors (Lipinski definition) is 1. The van der Waals surface area contributed by atoms with Gasteiger partial charge in [-0.2, -0.15) is 0 Å². The van der Waals surface area contributed by atoms with Crippen LogP contribution in [0.2, 0.25) is 5.02 Å². The van der Waals surface area contributed by atoms with Gasteiger partial charge in [0, 0.05) is 25.9 Å². The van der Waals surface area contributed by atoms with Gasteiger partial charge in [0.05, 0.1) is 0 Å². The zero-order valence-electron chi connectivity index (χ0n) is 8.98. The second kappa shape index (κ2) is 4.06. The van der Waals surface area contributed by atoms with Crippen molar-refractivity contribution in [2.24, 2.45) is 0 Å². The number of rotatable bonds is 1. The lowest BCUT2D eigenvalue weighted by molar-refractivity contribution is 1.67. The van der Waals surface area contributed by atoms with Crippen molar-refractivity contribution in [2.75, 3.05) is 5.73 Å². The van der Waals surface area contributed by atoms with Gasteiger partial charge in [0.25, 0.3) is 0 Å². The lowest BCUT2D eigenvalue weighted by Gasteiger charge is -2.02. The van der Waals surface area contributed by atoms with Crippen LogP contribution in [0.25, 0.3) is 20.5 Å². The Morgan fingerprint density at radius 3 is 2.59 bits per heavy atom. The summed E-state index contributed by atoms with van der Waals surface area (Å²) in [5.74, 6) is 0. The summed E-state index contributed by atoms with van der Waals surface area (Å²) in [5, 5.41) is 1.93. The lowest BCUT2D eigenvalue weighted by Crippen LogP contribution is -1.87. The van der Waals surface area contributed by atoms with Gasteiger partial charge in [-0.05, 0) is 29.7 Å². The molecule has 1 heterocycles. The first-order valence-electron chi connectivity index (χ1n) is 5.28. The van der Waals surface area contributed by atoms with E-state index in [1.165, 1.54) is 15.0 Å². The molecule has 0 radical (unpaired) electrons. The molecular formula is C14H10ClNS. The summed E-state index contributed by atoms with van der Waals surface area (Å²) in [6.07, 6.45) is 0. The maximum atomic E-state index is 6.00. The second-order valence-corrected chi connectivity index (χ2v) is 5.40. The average molecular weight is 260 g/mol. The number of halogens is 1. The Labute approximate surface area is 108 Å². The third-order valence-corrected chi connectivity index (χ3v) is 4.09. The van der Waals surface area contributed by atoms with Gasteiger partial charge in [0.1, 0.15) is 0 Å². The van der Waals surface area contributed by atoms with Crippen LogP contribution in [0.5, 0.6) is 0 Å². The van der Waals surface area contributed by atoms with E-state index in [-0.39, 0.29) is 0 Å². The Kier molecular flexibility index (Phi) is 2.54. The Morgan fingerprint density at radius 1 is 1.00 bits per heavy atom. The molecule has 0 fully saturated rings. The predicted molar refractivity (Wildman–Crippen MR) is 76.7 cm³/mol. The second-order valence-electron chi connectivity index (χ2n) is 3.88. The molecule has 0 unspecified atom stereocenters. The molecule has 0 bridgehead atoms. The van der Waals surface area contributed by atoms with E-state index in [1.54, 1.807) is 17.4 Å². The molecule has 0 saturated carbocycles. The molecule has 0 spiro atoms. The summed E-state index contributed by atoms with van der Waals surface area (Å²) in [5.41, 5.74) is 7.77. The highest BCUT2D eigenvalue weighted by Crippen LogP contribution is 2.36. The summed E-state index contributed by atoms with van der Waals surface area (Å²) in [6, 6.07) is 16.1. The smallest absolute Gasteiger partial charge is 0.0426 e. The maximum Gasteiger partial charge on any atom is 0.0426 e. The molecule has 0 aliphatic heterocycles. The van der Waals surface area contributed by atoms with Crippen LogP contribution in [0.4, 0.5) is 5.69 Å². The predicted octanol–water partition coefficient (Wildman–Crippen LogP) is 4.80. The van der Waals surface area contributed by atoms with Crippen LogP contribution in [-0.4, -0.2) is 0 Å². The zero-order chi connectivity index (χ0) is 11.8. The molecule has 17 heavy (non-hydrogen) atoms. The van der Waals surface area contributed by atoms with Crippen LogP contribution in [0.15, 0.2) is 48.5 Å². The number of nitrogens with two attached hydrogens (primary N) is 1. The molecule has 1 nitrogen and oxygen atoms in total. The fourth-order valence-corrected chi connectivity index (χ4v) is 3.16. The first-order valence-corrected chi connectivity index (χ1v) is 6.47. The molecule has 0 amide bonds. The van der Waals surface area contributed by atoms with Gasteiger partial charge in [-0.15, -0.1) is 11.3 Å². The number of hydrogen-bond acceptors (Lipinski definition) is 2. The minimum Gasteiger partial charge on any atom is -0.398 e. The average Bonchev–Trinajstić information content (AvgIpc) is 2.72. The number of nitrogen functional groups attached to an aromatic ring is 1. The molecular weight excluding hydrogens is 250 g/mol. The standard InChI is InChI=1S/C14H10ClNS/c15-10-5-6-11(12(16)8-10)14-7-9-3-1-2-4-13(9)17-14/h1-8H,16H2. The van der Waals surface area contributed by atoms with Gasteiger partial charge in [-0.25, -0.2) is 0 Å². The largest absolute Gasteiger partial charge is 0.398 e. The van der Waals surface area contributed by atoms with Gasteiger partial charge in [0.15, 0.2) is 0 Å². The van der Waals surface area contributed by atoms with Gasteiger partial charge in [0.2, 0.25) is 0 Å². The maximum absolute atomic E-state index is 6.00. The molecule has 3 heteroatoms. The van der Waals surface area contributed by atoms with Crippen LogP contribution >= 0.6 is 22.9 Å². The first kappa shape index (κ1) is 10.6. The number of thiophene rings is 1. The van der Waals surface area contributed by atoms with E-state index in [0.29, 0.717) is 5.02 Å². The van der Waals surface area contributed by atoms with E-state index in [1.807, 2.05) is 24.3 Å². The number of benzene rings is 2. The van der Waals surface area contributed by atoms with Crippen LogP contribution in [0, 0.1) is 0 Å². The van der Waals surface area contributed by atoms with E-state index in [9.17, 15) is 0 Å². The monoisotopic (exact) mass is 259 g/mol. The fraction of sp³-hybridized carbons (Fsp3) is 0.